The molecule has 2 rings (SSSR count). The van der Waals surface area contributed by atoms with Crippen LogP contribution in [0, 0.1) is 0 Å². The van der Waals surface area contributed by atoms with Crippen LogP contribution >= 0.6 is 0 Å². The molecule has 0 atom stereocenters. The summed E-state index contributed by atoms with van der Waals surface area (Å²) in [6.45, 7) is 1.22. The molecule has 4 N–H and O–H groups in total. The Hall–Kier alpha value is -2.01. The molecule has 102 valence electrons. The summed E-state index contributed by atoms with van der Waals surface area (Å²) in [5.74, 6) is 0.818. The highest BCUT2D eigenvalue weighted by atomic mass is 16.5. The average molecular weight is 261 g/mol. The van der Waals surface area contributed by atoms with Gasteiger partial charge < -0.3 is 20.8 Å². The Morgan fingerprint density at radius 3 is 3.05 bits per heavy atom. The maximum atomic E-state index is 11.8. The minimum atomic E-state index is 0.0187. The number of rotatable bonds is 6. The van der Waals surface area contributed by atoms with E-state index in [9.17, 15) is 4.79 Å². The maximum Gasteiger partial charge on any atom is 0.224 e. The number of amides is 1. The second-order valence-electron chi connectivity index (χ2n) is 4.39. The van der Waals surface area contributed by atoms with Crippen LogP contribution in [0.4, 0.5) is 0 Å². The lowest BCUT2D eigenvalue weighted by atomic mass is 10.1. The van der Waals surface area contributed by atoms with Crippen LogP contribution < -0.4 is 15.8 Å². The van der Waals surface area contributed by atoms with Gasteiger partial charge in [-0.2, -0.15) is 0 Å². The molecule has 0 unspecified atom stereocenters. The molecule has 0 bridgehead atoms. The molecular formula is C14H19N3O2. The van der Waals surface area contributed by atoms with Crippen molar-refractivity contribution in [3.63, 3.8) is 0 Å². The van der Waals surface area contributed by atoms with Gasteiger partial charge in [0.2, 0.25) is 5.91 Å². The van der Waals surface area contributed by atoms with E-state index >= 15 is 0 Å². The first-order chi connectivity index (χ1) is 9.24. The van der Waals surface area contributed by atoms with E-state index in [1.165, 1.54) is 0 Å². The smallest absolute Gasteiger partial charge is 0.224 e. The lowest BCUT2D eigenvalue weighted by Crippen LogP contribution is -2.27. The highest BCUT2D eigenvalue weighted by Crippen LogP contribution is 2.23. The third-order valence-corrected chi connectivity index (χ3v) is 3.03. The summed E-state index contributed by atoms with van der Waals surface area (Å²) in [4.78, 5) is 14.9. The second-order valence-corrected chi connectivity index (χ2v) is 4.39. The lowest BCUT2D eigenvalue weighted by molar-refractivity contribution is -0.120. The minimum absolute atomic E-state index is 0.0187. The van der Waals surface area contributed by atoms with E-state index < -0.39 is 0 Å². The van der Waals surface area contributed by atoms with Gasteiger partial charge in [-0.3, -0.25) is 4.79 Å². The number of aromatic nitrogens is 1. The summed E-state index contributed by atoms with van der Waals surface area (Å²) in [7, 11) is 1.63. The van der Waals surface area contributed by atoms with Crippen LogP contribution in [-0.4, -0.2) is 31.1 Å². The van der Waals surface area contributed by atoms with Crippen LogP contribution in [-0.2, 0) is 11.2 Å². The number of hydrogen-bond acceptors (Lipinski definition) is 3. The number of aromatic amines is 1. The maximum absolute atomic E-state index is 11.8. The van der Waals surface area contributed by atoms with Crippen LogP contribution in [0.2, 0.25) is 0 Å². The van der Waals surface area contributed by atoms with Gasteiger partial charge in [-0.15, -0.1) is 0 Å². The van der Waals surface area contributed by atoms with Crippen LogP contribution in [0.3, 0.4) is 0 Å². The van der Waals surface area contributed by atoms with E-state index in [-0.39, 0.29) is 5.91 Å². The van der Waals surface area contributed by atoms with Crippen molar-refractivity contribution in [3.8, 4) is 5.75 Å². The molecule has 19 heavy (non-hydrogen) atoms. The summed E-state index contributed by atoms with van der Waals surface area (Å²) in [5.41, 5.74) is 7.35. The highest BCUT2D eigenvalue weighted by molar-refractivity contribution is 5.89. The quantitative estimate of drug-likeness (QED) is 0.683. The van der Waals surface area contributed by atoms with Crippen LogP contribution in [0.15, 0.2) is 24.4 Å². The van der Waals surface area contributed by atoms with Crippen LogP contribution in [0.5, 0.6) is 5.75 Å². The summed E-state index contributed by atoms with van der Waals surface area (Å²) in [5, 5.41) is 3.90. The van der Waals surface area contributed by atoms with Crippen molar-refractivity contribution >= 4 is 16.8 Å². The molecule has 1 aromatic carbocycles. The van der Waals surface area contributed by atoms with Gasteiger partial charge in [0.25, 0.3) is 0 Å². The van der Waals surface area contributed by atoms with E-state index in [0.717, 1.165) is 28.6 Å². The summed E-state index contributed by atoms with van der Waals surface area (Å²) >= 11 is 0. The van der Waals surface area contributed by atoms with Crippen molar-refractivity contribution in [1.29, 1.82) is 0 Å². The Balaban J connectivity index is 2.06. The SMILES string of the molecule is COc1ccc2c(CC(=O)NCCCN)c[nH]c2c1. The monoisotopic (exact) mass is 261 g/mol. The van der Waals surface area contributed by atoms with Gasteiger partial charge in [0.05, 0.1) is 13.5 Å². The van der Waals surface area contributed by atoms with Crippen molar-refractivity contribution in [2.24, 2.45) is 5.73 Å². The molecule has 0 aliphatic rings. The predicted molar refractivity (Wildman–Crippen MR) is 75.2 cm³/mol. The Kier molecular flexibility index (Phi) is 4.41. The van der Waals surface area contributed by atoms with Crippen LogP contribution in [0.1, 0.15) is 12.0 Å². The van der Waals surface area contributed by atoms with Crippen LogP contribution in [0.25, 0.3) is 10.9 Å². The third kappa shape index (κ3) is 3.26. The molecule has 0 saturated heterocycles. The summed E-state index contributed by atoms with van der Waals surface area (Å²) < 4.78 is 5.17. The van der Waals surface area contributed by atoms with E-state index in [1.807, 2.05) is 24.4 Å². The molecule has 5 nitrogen and oxygen atoms in total. The third-order valence-electron chi connectivity index (χ3n) is 3.03. The predicted octanol–water partition coefficient (Wildman–Crippen LogP) is 1.18. The van der Waals surface area contributed by atoms with E-state index in [0.29, 0.717) is 19.5 Å². The topological polar surface area (TPSA) is 80.1 Å². The van der Waals surface area contributed by atoms with Crippen molar-refractivity contribution in [2.75, 3.05) is 20.2 Å². The number of methoxy groups -OCH3 is 1. The van der Waals surface area contributed by atoms with Gasteiger partial charge in [0.15, 0.2) is 0 Å². The zero-order chi connectivity index (χ0) is 13.7. The number of ether oxygens (including phenoxy) is 1. The number of hydrogen-bond donors (Lipinski definition) is 3. The number of benzene rings is 1. The molecule has 0 aliphatic carbocycles. The molecule has 5 heteroatoms. The van der Waals surface area contributed by atoms with Gasteiger partial charge in [0, 0.05) is 29.7 Å². The number of fused-ring (bicyclic) bond motifs is 1. The zero-order valence-corrected chi connectivity index (χ0v) is 11.0. The average Bonchev–Trinajstić information content (AvgIpc) is 2.81. The first kappa shape index (κ1) is 13.4. The first-order valence-electron chi connectivity index (χ1n) is 6.35. The number of carbonyl (C=O) groups is 1. The lowest BCUT2D eigenvalue weighted by Gasteiger charge is -2.04. The Labute approximate surface area is 112 Å². The fraction of sp³-hybridized carbons (Fsp3) is 0.357. The molecule has 1 aromatic heterocycles. The van der Waals surface area contributed by atoms with Crippen molar-refractivity contribution < 1.29 is 9.53 Å². The second kappa shape index (κ2) is 6.24. The minimum Gasteiger partial charge on any atom is -0.497 e. The fourth-order valence-corrected chi connectivity index (χ4v) is 2.00. The van der Waals surface area contributed by atoms with Gasteiger partial charge in [-0.25, -0.2) is 0 Å². The molecule has 1 heterocycles. The number of nitrogens with two attached hydrogens (primary N) is 1. The molecule has 0 saturated carbocycles. The normalized spacial score (nSPS) is 10.6. The number of carbonyl (C=O) groups excluding carboxylic acids is 1. The van der Waals surface area contributed by atoms with Gasteiger partial charge in [0.1, 0.15) is 5.75 Å². The Morgan fingerprint density at radius 1 is 1.47 bits per heavy atom. The first-order valence-corrected chi connectivity index (χ1v) is 6.35. The summed E-state index contributed by atoms with van der Waals surface area (Å²) in [6, 6.07) is 5.78. The van der Waals surface area contributed by atoms with Crippen molar-refractivity contribution in [2.45, 2.75) is 12.8 Å². The summed E-state index contributed by atoms with van der Waals surface area (Å²) in [6.07, 6.45) is 3.04. The molecule has 1 amide bonds. The molecular weight excluding hydrogens is 242 g/mol. The van der Waals surface area contributed by atoms with E-state index in [2.05, 4.69) is 10.3 Å². The molecule has 0 aliphatic heterocycles. The molecule has 0 radical (unpaired) electrons. The molecule has 2 aromatic rings. The molecule has 0 spiro atoms. The van der Waals surface area contributed by atoms with Crippen molar-refractivity contribution in [3.05, 3.63) is 30.0 Å². The van der Waals surface area contributed by atoms with Gasteiger partial charge in [-0.05, 0) is 30.7 Å². The van der Waals surface area contributed by atoms with E-state index in [4.69, 9.17) is 10.5 Å². The largest absolute Gasteiger partial charge is 0.497 e. The van der Waals surface area contributed by atoms with Gasteiger partial charge in [-0.1, -0.05) is 0 Å². The van der Waals surface area contributed by atoms with Crippen molar-refractivity contribution in [1.82, 2.24) is 10.3 Å². The highest BCUT2D eigenvalue weighted by Gasteiger charge is 2.09. The number of nitrogens with one attached hydrogen (secondary N) is 2. The Morgan fingerprint density at radius 2 is 2.32 bits per heavy atom. The zero-order valence-electron chi connectivity index (χ0n) is 11.0. The number of H-pyrrole nitrogens is 1. The van der Waals surface area contributed by atoms with E-state index in [1.54, 1.807) is 7.11 Å². The molecule has 0 fully saturated rings. The Bertz CT molecular complexity index is 563. The standard InChI is InChI=1S/C14H19N3O2/c1-19-11-3-4-12-10(9-17-13(12)8-11)7-14(18)16-6-2-5-15/h3-4,8-9,17H,2,5-7,15H2,1H3,(H,16,18). The van der Waals surface area contributed by atoms with Gasteiger partial charge >= 0.3 is 0 Å². The fourth-order valence-electron chi connectivity index (χ4n) is 2.00.